The minimum atomic E-state index is -0.294. The number of para-hydroxylation sites is 1. The molecule has 0 aliphatic heterocycles. The molecule has 7 heteroatoms. The Morgan fingerprint density at radius 3 is 2.38 bits per heavy atom. The van der Waals surface area contributed by atoms with Crippen molar-refractivity contribution < 1.29 is 9.53 Å². The van der Waals surface area contributed by atoms with Gasteiger partial charge in [-0.15, -0.1) is 10.2 Å². The second kappa shape index (κ2) is 9.13. The van der Waals surface area contributed by atoms with Crippen LogP contribution in [0.1, 0.15) is 32.3 Å². The summed E-state index contributed by atoms with van der Waals surface area (Å²) in [6.07, 6.45) is 0. The first kappa shape index (κ1) is 20.9. The highest BCUT2D eigenvalue weighted by Gasteiger charge is 2.23. The van der Waals surface area contributed by atoms with Gasteiger partial charge in [0.2, 0.25) is 5.91 Å². The molecule has 6 nitrogen and oxygen atoms in total. The van der Waals surface area contributed by atoms with Crippen LogP contribution in [0.2, 0.25) is 0 Å². The van der Waals surface area contributed by atoms with Crippen LogP contribution in [-0.4, -0.2) is 40.1 Å². The van der Waals surface area contributed by atoms with Gasteiger partial charge in [-0.2, -0.15) is 0 Å². The van der Waals surface area contributed by atoms with E-state index in [1.54, 1.807) is 14.2 Å². The molecule has 29 heavy (non-hydrogen) atoms. The highest BCUT2D eigenvalue weighted by Crippen LogP contribution is 2.34. The van der Waals surface area contributed by atoms with Crippen LogP contribution in [0.15, 0.2) is 53.7 Å². The monoisotopic (exact) mass is 410 g/mol. The van der Waals surface area contributed by atoms with Crippen molar-refractivity contribution in [3.63, 3.8) is 0 Å². The zero-order valence-electron chi connectivity index (χ0n) is 17.3. The third-order valence-corrected chi connectivity index (χ3v) is 5.72. The van der Waals surface area contributed by atoms with E-state index in [4.69, 9.17) is 4.74 Å². The molecule has 152 valence electrons. The summed E-state index contributed by atoms with van der Waals surface area (Å²) in [5, 5.41) is 12.0. The number of nitrogens with one attached hydrogen (secondary N) is 1. The Balaban J connectivity index is 2.16. The predicted octanol–water partition coefficient (Wildman–Crippen LogP) is 4.29. The van der Waals surface area contributed by atoms with Crippen LogP contribution in [0, 0.1) is 0 Å². The number of amides is 1. The number of benzene rings is 2. The van der Waals surface area contributed by atoms with E-state index in [0.717, 1.165) is 22.8 Å². The van der Waals surface area contributed by atoms with Crippen molar-refractivity contribution in [2.45, 2.75) is 37.1 Å². The van der Waals surface area contributed by atoms with Crippen molar-refractivity contribution in [3.8, 4) is 22.8 Å². The van der Waals surface area contributed by atoms with Crippen LogP contribution in [-0.2, 0) is 4.79 Å². The van der Waals surface area contributed by atoms with Crippen molar-refractivity contribution in [1.29, 1.82) is 0 Å². The molecule has 0 bridgehead atoms. The lowest BCUT2D eigenvalue weighted by atomic mass is 10.0. The van der Waals surface area contributed by atoms with Gasteiger partial charge in [-0.1, -0.05) is 43.8 Å². The van der Waals surface area contributed by atoms with E-state index in [0.29, 0.717) is 11.1 Å². The van der Waals surface area contributed by atoms with E-state index < -0.39 is 0 Å². The maximum absolute atomic E-state index is 12.1. The second-order valence-corrected chi connectivity index (χ2v) is 8.27. The summed E-state index contributed by atoms with van der Waals surface area (Å²) in [4.78, 5) is 12.1. The largest absolute Gasteiger partial charge is 0.497 e. The summed E-state index contributed by atoms with van der Waals surface area (Å²) in [6.45, 7) is 6.19. The zero-order chi connectivity index (χ0) is 21.0. The molecule has 0 aliphatic carbocycles. The molecule has 0 aliphatic rings. The van der Waals surface area contributed by atoms with Gasteiger partial charge >= 0.3 is 0 Å². The summed E-state index contributed by atoms with van der Waals surface area (Å²) in [5.41, 5.74) is 3.14. The topological polar surface area (TPSA) is 69.0 Å². The molecular formula is C22H26N4O2S. The molecule has 0 radical (unpaired) electrons. The maximum atomic E-state index is 12.1. The van der Waals surface area contributed by atoms with Gasteiger partial charge in [-0.05, 0) is 48.7 Å². The van der Waals surface area contributed by atoms with Gasteiger partial charge in [-0.3, -0.25) is 9.36 Å². The van der Waals surface area contributed by atoms with E-state index in [-0.39, 0.29) is 11.2 Å². The van der Waals surface area contributed by atoms with Gasteiger partial charge < -0.3 is 10.1 Å². The number of methoxy groups -OCH3 is 1. The van der Waals surface area contributed by atoms with Crippen LogP contribution in [0.5, 0.6) is 5.75 Å². The highest BCUT2D eigenvalue weighted by molar-refractivity contribution is 8.00. The lowest BCUT2D eigenvalue weighted by Gasteiger charge is -2.18. The van der Waals surface area contributed by atoms with Crippen LogP contribution < -0.4 is 10.1 Å². The molecule has 3 rings (SSSR count). The maximum Gasteiger partial charge on any atom is 0.233 e. The fourth-order valence-electron chi connectivity index (χ4n) is 3.08. The lowest BCUT2D eigenvalue weighted by Crippen LogP contribution is -2.27. The van der Waals surface area contributed by atoms with E-state index in [2.05, 4.69) is 41.5 Å². The van der Waals surface area contributed by atoms with E-state index >= 15 is 0 Å². The molecule has 1 atom stereocenters. The van der Waals surface area contributed by atoms with Crippen LogP contribution in [0.4, 0.5) is 0 Å². The summed E-state index contributed by atoms with van der Waals surface area (Å²) in [7, 11) is 3.28. The molecule has 0 saturated carbocycles. The normalized spacial score (nSPS) is 12.1. The molecular weight excluding hydrogens is 384 g/mol. The fraction of sp³-hybridized carbons (Fsp3) is 0.318. The number of aromatic nitrogens is 3. The number of hydrogen-bond donors (Lipinski definition) is 1. The van der Waals surface area contributed by atoms with Crippen LogP contribution in [0.3, 0.4) is 0 Å². The van der Waals surface area contributed by atoms with Gasteiger partial charge in [0.15, 0.2) is 11.0 Å². The quantitative estimate of drug-likeness (QED) is 0.589. The Morgan fingerprint density at radius 1 is 1.07 bits per heavy atom. The first-order valence-corrected chi connectivity index (χ1v) is 10.4. The predicted molar refractivity (Wildman–Crippen MR) is 117 cm³/mol. The lowest BCUT2D eigenvalue weighted by molar-refractivity contribution is -0.119. The third-order valence-electron chi connectivity index (χ3n) is 4.68. The number of rotatable bonds is 7. The Labute approximate surface area is 175 Å². The average Bonchev–Trinajstić information content (AvgIpc) is 3.16. The Morgan fingerprint density at radius 2 is 1.76 bits per heavy atom. The van der Waals surface area contributed by atoms with Gasteiger partial charge in [0.05, 0.1) is 18.0 Å². The number of hydrogen-bond acceptors (Lipinski definition) is 5. The Bertz CT molecular complexity index is 983. The molecule has 1 amide bonds. The molecule has 0 fully saturated rings. The number of carbonyl (C=O) groups is 1. The van der Waals surface area contributed by atoms with Crippen molar-refractivity contribution >= 4 is 17.7 Å². The molecule has 0 saturated heterocycles. The smallest absolute Gasteiger partial charge is 0.233 e. The molecule has 0 spiro atoms. The van der Waals surface area contributed by atoms with Crippen LogP contribution >= 0.6 is 11.8 Å². The van der Waals surface area contributed by atoms with Gasteiger partial charge in [0, 0.05) is 12.6 Å². The zero-order valence-corrected chi connectivity index (χ0v) is 18.2. The van der Waals surface area contributed by atoms with Crippen LogP contribution in [0.25, 0.3) is 17.1 Å². The minimum absolute atomic E-state index is 0.0484. The number of nitrogens with zero attached hydrogens (tertiary/aromatic N) is 3. The molecule has 1 aromatic heterocycles. The summed E-state index contributed by atoms with van der Waals surface area (Å²) >= 11 is 1.39. The molecule has 1 unspecified atom stereocenters. The molecule has 3 aromatic rings. The standard InChI is InChI=1S/C22H26N4O2S/c1-14(2)18-8-6-7-9-19(18)26-20(16-10-12-17(28-5)13-11-16)24-25-22(26)29-15(3)21(27)23-4/h6-15H,1-5H3,(H,23,27). The Hall–Kier alpha value is -2.80. The number of thioether (sulfide) groups is 1. The van der Waals surface area contributed by atoms with Gasteiger partial charge in [0.25, 0.3) is 0 Å². The molecule has 1 heterocycles. The van der Waals surface area contributed by atoms with Crippen molar-refractivity contribution in [2.75, 3.05) is 14.2 Å². The fourth-order valence-corrected chi connectivity index (χ4v) is 4.00. The first-order valence-electron chi connectivity index (χ1n) is 9.53. The van der Waals surface area contributed by atoms with Crippen molar-refractivity contribution in [3.05, 3.63) is 54.1 Å². The Kier molecular flexibility index (Phi) is 6.59. The summed E-state index contributed by atoms with van der Waals surface area (Å²) in [6, 6.07) is 16.0. The average molecular weight is 411 g/mol. The van der Waals surface area contributed by atoms with Gasteiger partial charge in [0.1, 0.15) is 5.75 Å². The van der Waals surface area contributed by atoms with E-state index in [1.807, 2.05) is 47.9 Å². The van der Waals surface area contributed by atoms with E-state index in [9.17, 15) is 4.79 Å². The SMILES string of the molecule is CNC(=O)C(C)Sc1nnc(-c2ccc(OC)cc2)n1-c1ccccc1C(C)C. The number of carbonyl (C=O) groups excluding carboxylic acids is 1. The van der Waals surface area contributed by atoms with Crippen molar-refractivity contribution in [2.24, 2.45) is 0 Å². The number of ether oxygens (including phenoxy) is 1. The third kappa shape index (κ3) is 4.45. The first-order chi connectivity index (χ1) is 14.0. The second-order valence-electron chi connectivity index (χ2n) is 6.96. The van der Waals surface area contributed by atoms with Gasteiger partial charge in [-0.25, -0.2) is 0 Å². The summed E-state index contributed by atoms with van der Waals surface area (Å²) < 4.78 is 7.32. The summed E-state index contributed by atoms with van der Waals surface area (Å²) in [5.74, 6) is 1.79. The van der Waals surface area contributed by atoms with E-state index in [1.165, 1.54) is 17.3 Å². The molecule has 2 aromatic carbocycles. The highest BCUT2D eigenvalue weighted by atomic mass is 32.2. The minimum Gasteiger partial charge on any atom is -0.497 e. The molecule has 1 N–H and O–H groups in total. The van der Waals surface area contributed by atoms with Crippen molar-refractivity contribution in [1.82, 2.24) is 20.1 Å².